The summed E-state index contributed by atoms with van der Waals surface area (Å²) >= 11 is 0. The molecule has 7 aromatic carbocycles. The average molecular weight is 611 g/mol. The van der Waals surface area contributed by atoms with Crippen molar-refractivity contribution in [1.29, 1.82) is 10.5 Å². The number of rotatable bonds is 4. The Balaban J connectivity index is 1.26. The zero-order valence-electron chi connectivity index (χ0n) is 25.8. The lowest BCUT2D eigenvalue weighted by atomic mass is 9.95. The maximum atomic E-state index is 10.4. The third kappa shape index (κ3) is 4.14. The summed E-state index contributed by atoms with van der Waals surface area (Å²) in [6, 6.07) is 58.8. The molecule has 0 aliphatic carbocycles. The fraction of sp³-hybridized carbons (Fsp3) is 0. The van der Waals surface area contributed by atoms with E-state index in [4.69, 9.17) is 0 Å². The molecule has 0 atom stereocenters. The van der Waals surface area contributed by atoms with Crippen molar-refractivity contribution < 1.29 is 0 Å². The fourth-order valence-corrected chi connectivity index (χ4v) is 7.31. The number of hydrogen-bond donors (Lipinski definition) is 0. The van der Waals surface area contributed by atoms with E-state index in [0.717, 1.165) is 66.5 Å². The van der Waals surface area contributed by atoms with Gasteiger partial charge in [0.1, 0.15) is 6.07 Å². The normalized spacial score (nSPS) is 11.3. The van der Waals surface area contributed by atoms with Crippen LogP contribution in [0, 0.1) is 22.7 Å². The van der Waals surface area contributed by atoms with Gasteiger partial charge in [0.2, 0.25) is 0 Å². The minimum Gasteiger partial charge on any atom is -0.309 e. The molecular formula is C44H26N4. The lowest BCUT2D eigenvalue weighted by molar-refractivity contribution is 1.17. The largest absolute Gasteiger partial charge is 0.309 e. The van der Waals surface area contributed by atoms with E-state index in [-0.39, 0.29) is 0 Å². The number of para-hydroxylation sites is 5. The number of aromatic nitrogens is 2. The molecule has 2 aromatic heterocycles. The van der Waals surface area contributed by atoms with E-state index >= 15 is 0 Å². The first-order chi connectivity index (χ1) is 23.7. The van der Waals surface area contributed by atoms with Gasteiger partial charge in [0, 0.05) is 32.8 Å². The lowest BCUT2D eigenvalue weighted by Crippen LogP contribution is -2.01. The van der Waals surface area contributed by atoms with E-state index in [1.165, 1.54) is 10.8 Å². The van der Waals surface area contributed by atoms with Crippen molar-refractivity contribution in [3.05, 3.63) is 169 Å². The predicted molar refractivity (Wildman–Crippen MR) is 195 cm³/mol. The van der Waals surface area contributed by atoms with Crippen LogP contribution < -0.4 is 0 Å². The second-order valence-electron chi connectivity index (χ2n) is 12.0. The molecule has 222 valence electrons. The van der Waals surface area contributed by atoms with Crippen LogP contribution in [0.2, 0.25) is 0 Å². The Hall–Kier alpha value is -6.88. The maximum Gasteiger partial charge on any atom is 0.101 e. The number of benzene rings is 7. The number of nitrogens with zero attached hydrogens (tertiary/aromatic N) is 4. The summed E-state index contributed by atoms with van der Waals surface area (Å²) in [6.07, 6.45) is 0. The molecule has 0 unspecified atom stereocenters. The fourth-order valence-electron chi connectivity index (χ4n) is 7.31. The minimum absolute atomic E-state index is 0.590. The molecule has 9 rings (SSSR count). The first kappa shape index (κ1) is 27.4. The molecule has 0 amide bonds. The molecule has 4 heteroatoms. The molecule has 9 aromatic rings. The highest BCUT2D eigenvalue weighted by atomic mass is 15.0. The van der Waals surface area contributed by atoms with Crippen molar-refractivity contribution in [2.75, 3.05) is 0 Å². The van der Waals surface area contributed by atoms with Crippen LogP contribution in [-0.4, -0.2) is 9.13 Å². The highest BCUT2D eigenvalue weighted by molar-refractivity contribution is 6.10. The van der Waals surface area contributed by atoms with Crippen molar-refractivity contribution in [3.8, 4) is 45.8 Å². The van der Waals surface area contributed by atoms with Gasteiger partial charge >= 0.3 is 0 Å². The monoisotopic (exact) mass is 610 g/mol. The number of hydrogen-bond acceptors (Lipinski definition) is 2. The van der Waals surface area contributed by atoms with Gasteiger partial charge in [0.25, 0.3) is 0 Å². The molecule has 0 aliphatic rings. The summed E-state index contributed by atoms with van der Waals surface area (Å²) in [7, 11) is 0. The van der Waals surface area contributed by atoms with Gasteiger partial charge in [0.15, 0.2) is 0 Å². The van der Waals surface area contributed by atoms with Crippen LogP contribution in [0.25, 0.3) is 77.2 Å². The lowest BCUT2D eigenvalue weighted by Gasteiger charge is -2.17. The van der Waals surface area contributed by atoms with E-state index in [2.05, 4.69) is 143 Å². The zero-order chi connectivity index (χ0) is 32.2. The summed E-state index contributed by atoms with van der Waals surface area (Å²) in [4.78, 5) is 0. The Morgan fingerprint density at radius 2 is 0.917 bits per heavy atom. The van der Waals surface area contributed by atoms with E-state index in [1.807, 2.05) is 36.4 Å². The van der Waals surface area contributed by atoms with Gasteiger partial charge in [-0.2, -0.15) is 10.5 Å². The molecule has 0 bridgehead atoms. The molecule has 0 saturated heterocycles. The van der Waals surface area contributed by atoms with E-state index in [0.29, 0.717) is 11.1 Å². The van der Waals surface area contributed by atoms with Crippen LogP contribution in [0.4, 0.5) is 0 Å². The van der Waals surface area contributed by atoms with E-state index in [9.17, 15) is 10.5 Å². The minimum atomic E-state index is 0.590. The summed E-state index contributed by atoms with van der Waals surface area (Å²) in [5.41, 5.74) is 11.2. The zero-order valence-corrected chi connectivity index (χ0v) is 25.8. The second kappa shape index (κ2) is 10.9. The van der Waals surface area contributed by atoms with Crippen LogP contribution in [0.5, 0.6) is 0 Å². The quantitative estimate of drug-likeness (QED) is 0.199. The van der Waals surface area contributed by atoms with E-state index < -0.39 is 0 Å². The summed E-state index contributed by atoms with van der Waals surface area (Å²) < 4.78 is 4.47. The Morgan fingerprint density at radius 1 is 0.396 bits per heavy atom. The topological polar surface area (TPSA) is 57.4 Å². The van der Waals surface area contributed by atoms with Gasteiger partial charge < -0.3 is 9.13 Å². The van der Waals surface area contributed by atoms with Gasteiger partial charge in [-0.3, -0.25) is 0 Å². The average Bonchev–Trinajstić information content (AvgIpc) is 3.67. The third-order valence-corrected chi connectivity index (χ3v) is 9.35. The first-order valence-electron chi connectivity index (χ1n) is 15.9. The molecule has 2 heterocycles. The van der Waals surface area contributed by atoms with Crippen LogP contribution in [0.15, 0.2) is 158 Å². The maximum absolute atomic E-state index is 10.4. The molecular weight excluding hydrogens is 585 g/mol. The highest BCUT2D eigenvalue weighted by Crippen LogP contribution is 2.39. The summed E-state index contributed by atoms with van der Waals surface area (Å²) in [5.74, 6) is 0. The third-order valence-electron chi connectivity index (χ3n) is 9.35. The van der Waals surface area contributed by atoms with Gasteiger partial charge in [-0.25, -0.2) is 0 Å². The molecule has 0 spiro atoms. The molecule has 0 aliphatic heterocycles. The molecule has 48 heavy (non-hydrogen) atoms. The Kier molecular flexibility index (Phi) is 6.22. The summed E-state index contributed by atoms with van der Waals surface area (Å²) in [5, 5.41) is 25.2. The predicted octanol–water partition coefficient (Wildman–Crippen LogP) is 11.0. The number of nitriles is 2. The van der Waals surface area contributed by atoms with E-state index in [1.54, 1.807) is 0 Å². The smallest absolute Gasteiger partial charge is 0.101 e. The van der Waals surface area contributed by atoms with Crippen molar-refractivity contribution >= 4 is 43.6 Å². The van der Waals surface area contributed by atoms with Crippen molar-refractivity contribution in [2.24, 2.45) is 0 Å². The Morgan fingerprint density at radius 3 is 1.48 bits per heavy atom. The van der Waals surface area contributed by atoms with Crippen LogP contribution in [-0.2, 0) is 0 Å². The standard InChI is InChI=1S/C44H26N4/c45-27-29-23-33(26-34(24-29)47-40-19-5-1-14-36(40)37-15-2-6-20-41(37)47)30-11-9-12-31(25-30)35-18-10-13-32(28-46)44(35)48-42-21-7-3-16-38(42)39-17-4-8-22-43(39)48/h1-26H. The number of fused-ring (bicyclic) bond motifs is 6. The van der Waals surface area contributed by atoms with Crippen LogP contribution in [0.3, 0.4) is 0 Å². The first-order valence-corrected chi connectivity index (χ1v) is 15.9. The molecule has 0 N–H and O–H groups in total. The van der Waals surface area contributed by atoms with Gasteiger partial charge in [0.05, 0.1) is 45.0 Å². The summed E-state index contributed by atoms with van der Waals surface area (Å²) in [6.45, 7) is 0. The van der Waals surface area contributed by atoms with Gasteiger partial charge in [-0.1, -0.05) is 103 Å². The molecule has 0 fully saturated rings. The van der Waals surface area contributed by atoms with Gasteiger partial charge in [-0.15, -0.1) is 0 Å². The van der Waals surface area contributed by atoms with Crippen molar-refractivity contribution in [3.63, 3.8) is 0 Å². The van der Waals surface area contributed by atoms with Crippen LogP contribution in [0.1, 0.15) is 11.1 Å². The SMILES string of the molecule is N#Cc1cc(-c2cccc(-c3cccc(C#N)c3-n3c4ccccc4c4ccccc43)c2)cc(-n2c3ccccc3c3ccccc32)c1. The van der Waals surface area contributed by atoms with Crippen LogP contribution >= 0.6 is 0 Å². The van der Waals surface area contributed by atoms with Gasteiger partial charge in [-0.05, 0) is 71.3 Å². The van der Waals surface area contributed by atoms with Crippen molar-refractivity contribution in [1.82, 2.24) is 9.13 Å². The molecule has 0 saturated carbocycles. The molecule has 4 nitrogen and oxygen atoms in total. The Bertz CT molecular complexity index is 2710. The van der Waals surface area contributed by atoms with Crippen molar-refractivity contribution in [2.45, 2.75) is 0 Å². The molecule has 0 radical (unpaired) electrons. The highest BCUT2D eigenvalue weighted by Gasteiger charge is 2.19. The second-order valence-corrected chi connectivity index (χ2v) is 12.0. The Labute approximate surface area is 277 Å².